The van der Waals surface area contributed by atoms with Crippen LogP contribution in [0.15, 0.2) is 77.8 Å². The van der Waals surface area contributed by atoms with Gasteiger partial charge in [0.2, 0.25) is 0 Å². The van der Waals surface area contributed by atoms with Crippen molar-refractivity contribution in [3.05, 3.63) is 95.1 Å². The van der Waals surface area contributed by atoms with Crippen LogP contribution in [0.4, 0.5) is 5.69 Å². The number of carboxylic acids is 1. The molecule has 1 heterocycles. The highest BCUT2D eigenvalue weighted by atomic mass is 16.5. The van der Waals surface area contributed by atoms with Gasteiger partial charge in [-0.3, -0.25) is 0 Å². The number of aromatic nitrogens is 1. The van der Waals surface area contributed by atoms with Crippen LogP contribution < -0.4 is 0 Å². The van der Waals surface area contributed by atoms with Gasteiger partial charge in [-0.1, -0.05) is 36.4 Å². The summed E-state index contributed by atoms with van der Waals surface area (Å²) in [6, 6.07) is 20.4. The Morgan fingerprint density at radius 1 is 0.903 bits per heavy atom. The van der Waals surface area contributed by atoms with E-state index in [1.54, 1.807) is 30.3 Å². The number of methoxy groups -OCH3 is 1. The minimum Gasteiger partial charge on any atom is -0.494 e. The Morgan fingerprint density at radius 2 is 1.58 bits per heavy atom. The second kappa shape index (κ2) is 8.16. The number of nitrogens with one attached hydrogen (secondary N) is 1. The van der Waals surface area contributed by atoms with Gasteiger partial charge in [-0.2, -0.15) is 0 Å². The number of H-pyrrole nitrogens is 1. The van der Waals surface area contributed by atoms with Gasteiger partial charge in [-0.25, -0.2) is 14.6 Å². The third-order valence-electron chi connectivity index (χ3n) is 4.84. The van der Waals surface area contributed by atoms with Gasteiger partial charge in [-0.05, 0) is 36.4 Å². The van der Waals surface area contributed by atoms with Gasteiger partial charge in [0, 0.05) is 16.5 Å². The van der Waals surface area contributed by atoms with Crippen LogP contribution in [-0.2, 0) is 4.74 Å². The molecule has 0 aliphatic carbocycles. The van der Waals surface area contributed by atoms with E-state index in [-0.39, 0.29) is 11.4 Å². The van der Waals surface area contributed by atoms with Crippen molar-refractivity contribution < 1.29 is 24.5 Å². The van der Waals surface area contributed by atoms with Crippen LogP contribution in [0.1, 0.15) is 31.8 Å². The predicted octanol–water partition coefficient (Wildman–Crippen LogP) is 4.53. The van der Waals surface area contributed by atoms with E-state index >= 15 is 0 Å². The van der Waals surface area contributed by atoms with Gasteiger partial charge >= 0.3 is 11.9 Å². The Morgan fingerprint density at radius 3 is 2.23 bits per heavy atom. The Labute approximate surface area is 177 Å². The summed E-state index contributed by atoms with van der Waals surface area (Å²) in [6.45, 7) is 0. The molecule has 4 rings (SSSR count). The lowest BCUT2D eigenvalue weighted by Gasteiger charge is -2.08. The normalized spacial score (nSPS) is 11.5. The lowest BCUT2D eigenvalue weighted by Crippen LogP contribution is -2.03. The third-order valence-corrected chi connectivity index (χ3v) is 4.84. The van der Waals surface area contributed by atoms with Crippen LogP contribution in [0, 0.1) is 0 Å². The molecule has 31 heavy (non-hydrogen) atoms. The fourth-order valence-electron chi connectivity index (χ4n) is 3.34. The highest BCUT2D eigenvalue weighted by Gasteiger charge is 2.20. The second-order valence-corrected chi connectivity index (χ2v) is 6.78. The maximum Gasteiger partial charge on any atom is 0.337 e. The molecule has 0 aliphatic heterocycles. The standard InChI is InChI=1S/C24H18N2O5/c1-31-24(30)16-9-12-18-19(13-16)26-22(27)20(18)21(14-5-3-2-4-6-14)25-17-10-7-15(8-11-17)23(28)29/h2-13,26-27H,1H3,(H,28,29). The summed E-state index contributed by atoms with van der Waals surface area (Å²) in [5.41, 5.74) is 3.33. The van der Waals surface area contributed by atoms with Crippen LogP contribution in [0.5, 0.6) is 5.88 Å². The molecule has 0 saturated heterocycles. The Balaban J connectivity index is 1.90. The van der Waals surface area contributed by atoms with E-state index in [0.29, 0.717) is 33.4 Å². The number of ether oxygens (including phenoxy) is 1. The molecule has 0 unspecified atom stereocenters. The quantitative estimate of drug-likeness (QED) is 0.328. The Hall–Kier alpha value is -4.39. The fourth-order valence-corrected chi connectivity index (χ4v) is 3.34. The largest absolute Gasteiger partial charge is 0.494 e. The number of aromatic carboxylic acids is 1. The summed E-state index contributed by atoms with van der Waals surface area (Å²) in [5, 5.41) is 20.5. The number of hydrogen-bond donors (Lipinski definition) is 3. The molecule has 3 aromatic carbocycles. The number of esters is 1. The van der Waals surface area contributed by atoms with Gasteiger partial charge in [0.1, 0.15) is 0 Å². The first-order chi connectivity index (χ1) is 15.0. The molecule has 0 aliphatic rings. The number of carbonyl (C=O) groups is 2. The zero-order chi connectivity index (χ0) is 22.0. The minimum atomic E-state index is -1.02. The first-order valence-corrected chi connectivity index (χ1v) is 9.39. The number of carboxylic acid groups (broad SMARTS) is 1. The van der Waals surface area contributed by atoms with Crippen molar-refractivity contribution in [2.24, 2.45) is 4.99 Å². The van der Waals surface area contributed by atoms with E-state index in [1.165, 1.54) is 19.2 Å². The van der Waals surface area contributed by atoms with Gasteiger partial charge in [-0.15, -0.1) is 0 Å². The Bertz CT molecular complexity index is 1310. The van der Waals surface area contributed by atoms with Gasteiger partial charge in [0.05, 0.1) is 35.2 Å². The number of carbonyl (C=O) groups excluding carboxylic acids is 1. The predicted molar refractivity (Wildman–Crippen MR) is 116 cm³/mol. The van der Waals surface area contributed by atoms with Gasteiger partial charge in [0.15, 0.2) is 5.88 Å². The summed E-state index contributed by atoms with van der Waals surface area (Å²) in [5.74, 6) is -1.59. The lowest BCUT2D eigenvalue weighted by atomic mass is 10.00. The molecule has 154 valence electrons. The highest BCUT2D eigenvalue weighted by Crippen LogP contribution is 2.32. The number of hydrogen-bond acceptors (Lipinski definition) is 5. The molecular weight excluding hydrogens is 396 g/mol. The summed E-state index contributed by atoms with van der Waals surface area (Å²) in [6.07, 6.45) is 0. The molecule has 7 nitrogen and oxygen atoms in total. The Kier molecular flexibility index (Phi) is 5.24. The average Bonchev–Trinajstić information content (AvgIpc) is 3.12. The van der Waals surface area contributed by atoms with Crippen molar-refractivity contribution in [2.75, 3.05) is 7.11 Å². The van der Waals surface area contributed by atoms with E-state index < -0.39 is 11.9 Å². The molecule has 0 spiro atoms. The molecule has 1 aromatic heterocycles. The molecule has 0 fully saturated rings. The molecule has 0 amide bonds. The number of rotatable bonds is 5. The maximum atomic E-state index is 11.9. The monoisotopic (exact) mass is 414 g/mol. The van der Waals surface area contributed by atoms with Crippen molar-refractivity contribution in [3.63, 3.8) is 0 Å². The van der Waals surface area contributed by atoms with E-state index in [2.05, 4.69) is 4.98 Å². The van der Waals surface area contributed by atoms with E-state index in [1.807, 2.05) is 30.3 Å². The summed E-state index contributed by atoms with van der Waals surface area (Å²) in [4.78, 5) is 30.6. The topological polar surface area (TPSA) is 112 Å². The molecular formula is C24H18N2O5. The number of aromatic amines is 1. The number of aliphatic imine (C=N–C) groups is 1. The lowest BCUT2D eigenvalue weighted by molar-refractivity contribution is 0.0600. The van der Waals surface area contributed by atoms with Crippen LogP contribution in [0.3, 0.4) is 0 Å². The number of fused-ring (bicyclic) bond motifs is 1. The first kappa shape index (κ1) is 19.9. The maximum absolute atomic E-state index is 11.9. The van der Waals surface area contributed by atoms with Crippen LogP contribution >= 0.6 is 0 Å². The van der Waals surface area contributed by atoms with Crippen molar-refractivity contribution in [1.82, 2.24) is 4.98 Å². The van der Waals surface area contributed by atoms with Gasteiger partial charge < -0.3 is 19.9 Å². The third kappa shape index (κ3) is 3.89. The zero-order valence-corrected chi connectivity index (χ0v) is 16.5. The van der Waals surface area contributed by atoms with Crippen LogP contribution in [0.2, 0.25) is 0 Å². The van der Waals surface area contributed by atoms with Crippen molar-refractivity contribution in [2.45, 2.75) is 0 Å². The molecule has 0 bridgehead atoms. The van der Waals surface area contributed by atoms with Gasteiger partial charge in [0.25, 0.3) is 0 Å². The van der Waals surface area contributed by atoms with Crippen molar-refractivity contribution >= 4 is 34.2 Å². The number of benzene rings is 3. The first-order valence-electron chi connectivity index (χ1n) is 9.39. The zero-order valence-electron chi connectivity index (χ0n) is 16.5. The fraction of sp³-hybridized carbons (Fsp3) is 0.0417. The molecule has 0 radical (unpaired) electrons. The number of nitrogens with zero attached hydrogens (tertiary/aromatic N) is 1. The summed E-state index contributed by atoms with van der Waals surface area (Å²) in [7, 11) is 1.31. The molecule has 4 aromatic rings. The van der Waals surface area contributed by atoms with Crippen molar-refractivity contribution in [3.8, 4) is 5.88 Å². The SMILES string of the molecule is COC(=O)c1ccc2c(C(=Nc3ccc(C(=O)O)cc3)c3ccccc3)c(O)[nH]c2c1. The summed E-state index contributed by atoms with van der Waals surface area (Å²) >= 11 is 0. The molecule has 0 atom stereocenters. The van der Waals surface area contributed by atoms with E-state index in [4.69, 9.17) is 14.8 Å². The summed E-state index contributed by atoms with van der Waals surface area (Å²) < 4.78 is 4.76. The highest BCUT2D eigenvalue weighted by molar-refractivity contribution is 6.22. The second-order valence-electron chi connectivity index (χ2n) is 6.78. The minimum absolute atomic E-state index is 0.0956. The van der Waals surface area contributed by atoms with Crippen LogP contribution in [0.25, 0.3) is 10.9 Å². The van der Waals surface area contributed by atoms with E-state index in [9.17, 15) is 14.7 Å². The van der Waals surface area contributed by atoms with Crippen LogP contribution in [-0.4, -0.2) is 40.0 Å². The average molecular weight is 414 g/mol. The van der Waals surface area contributed by atoms with E-state index in [0.717, 1.165) is 5.56 Å². The molecule has 3 N–H and O–H groups in total. The molecule has 7 heteroatoms. The van der Waals surface area contributed by atoms with Crippen molar-refractivity contribution in [1.29, 1.82) is 0 Å². The number of aromatic hydroxyl groups is 1. The molecule has 0 saturated carbocycles. The smallest absolute Gasteiger partial charge is 0.337 e.